The van der Waals surface area contributed by atoms with Crippen molar-refractivity contribution in [1.29, 1.82) is 0 Å². The van der Waals surface area contributed by atoms with Crippen molar-refractivity contribution >= 4 is 23.4 Å². The maximum atomic E-state index is 12.9. The highest BCUT2D eigenvalue weighted by molar-refractivity contribution is 6.34. The van der Waals surface area contributed by atoms with Gasteiger partial charge in [0.2, 0.25) is 0 Å². The largest absolute Gasteiger partial charge is 0.379 e. The summed E-state index contributed by atoms with van der Waals surface area (Å²) in [6.45, 7) is 6.76. The maximum Gasteiger partial charge on any atom is 0.266 e. The Kier molecular flexibility index (Phi) is 5.92. The van der Waals surface area contributed by atoms with Crippen molar-refractivity contribution in [3.8, 4) is 0 Å². The van der Waals surface area contributed by atoms with Crippen molar-refractivity contribution in [3.63, 3.8) is 0 Å². The molecule has 2 aromatic rings. The number of hydrogen-bond donors (Lipinski definition) is 1. The van der Waals surface area contributed by atoms with Crippen LogP contribution >= 0.6 is 0 Å². The van der Waals surface area contributed by atoms with Gasteiger partial charge in [-0.15, -0.1) is 0 Å². The van der Waals surface area contributed by atoms with E-state index in [9.17, 15) is 14.4 Å². The smallest absolute Gasteiger partial charge is 0.266 e. The average Bonchev–Trinajstić information content (AvgIpc) is 3.02. The number of amides is 3. The standard InChI is InChI=1S/C23H25N3O4/c1-16-3-6-18(7-4-16)26-22(28)19-8-5-17(15-20(19)23(26)29)21(27)24-9-2-10-25-11-13-30-14-12-25/h3-8,15H,2,9-14H2,1H3,(H,24,27). The highest BCUT2D eigenvalue weighted by Gasteiger charge is 2.37. The second-order valence-corrected chi connectivity index (χ2v) is 7.61. The van der Waals surface area contributed by atoms with E-state index in [-0.39, 0.29) is 17.4 Å². The number of ether oxygens (including phenoxy) is 1. The molecule has 2 aliphatic rings. The van der Waals surface area contributed by atoms with Crippen LogP contribution in [0.5, 0.6) is 0 Å². The number of nitrogens with zero attached hydrogens (tertiary/aromatic N) is 2. The summed E-state index contributed by atoms with van der Waals surface area (Å²) < 4.78 is 5.33. The van der Waals surface area contributed by atoms with Crippen molar-refractivity contribution in [2.45, 2.75) is 13.3 Å². The first-order valence-corrected chi connectivity index (χ1v) is 10.2. The maximum absolute atomic E-state index is 12.9. The number of aryl methyl sites for hydroxylation is 1. The number of anilines is 1. The molecule has 7 nitrogen and oxygen atoms in total. The summed E-state index contributed by atoms with van der Waals surface area (Å²) in [5, 5.41) is 2.90. The predicted octanol–water partition coefficient (Wildman–Crippen LogP) is 2.25. The van der Waals surface area contributed by atoms with E-state index in [0.29, 0.717) is 23.4 Å². The number of hydrogen-bond acceptors (Lipinski definition) is 5. The van der Waals surface area contributed by atoms with E-state index in [2.05, 4.69) is 10.2 Å². The van der Waals surface area contributed by atoms with Gasteiger partial charge in [-0.1, -0.05) is 17.7 Å². The third-order valence-corrected chi connectivity index (χ3v) is 5.48. The lowest BCUT2D eigenvalue weighted by molar-refractivity contribution is 0.0374. The zero-order valence-corrected chi connectivity index (χ0v) is 17.0. The van der Waals surface area contributed by atoms with E-state index in [0.717, 1.165) is 49.7 Å². The van der Waals surface area contributed by atoms with Crippen LogP contribution in [0.25, 0.3) is 0 Å². The Labute approximate surface area is 175 Å². The average molecular weight is 407 g/mol. The van der Waals surface area contributed by atoms with Gasteiger partial charge < -0.3 is 10.1 Å². The Morgan fingerprint density at radius 3 is 2.43 bits per heavy atom. The number of carbonyl (C=O) groups excluding carboxylic acids is 3. The van der Waals surface area contributed by atoms with E-state index in [1.807, 2.05) is 19.1 Å². The molecule has 0 bridgehead atoms. The summed E-state index contributed by atoms with van der Waals surface area (Å²) in [5.74, 6) is -1.01. The minimum absolute atomic E-state index is 0.242. The molecule has 0 radical (unpaired) electrons. The quantitative estimate of drug-likeness (QED) is 0.587. The summed E-state index contributed by atoms with van der Waals surface area (Å²) in [7, 11) is 0. The fourth-order valence-electron chi connectivity index (χ4n) is 3.74. The number of nitrogens with one attached hydrogen (secondary N) is 1. The fourth-order valence-corrected chi connectivity index (χ4v) is 3.74. The van der Waals surface area contributed by atoms with Crippen LogP contribution in [0, 0.1) is 6.92 Å². The second-order valence-electron chi connectivity index (χ2n) is 7.61. The zero-order valence-electron chi connectivity index (χ0n) is 17.0. The van der Waals surface area contributed by atoms with Crippen LogP contribution in [0.3, 0.4) is 0 Å². The molecule has 156 valence electrons. The number of carbonyl (C=O) groups is 3. The number of rotatable bonds is 6. The van der Waals surface area contributed by atoms with Crippen molar-refractivity contribution in [2.75, 3.05) is 44.3 Å². The van der Waals surface area contributed by atoms with Gasteiger partial charge in [-0.3, -0.25) is 19.3 Å². The third kappa shape index (κ3) is 4.13. The van der Waals surface area contributed by atoms with Gasteiger partial charge in [0.05, 0.1) is 30.0 Å². The van der Waals surface area contributed by atoms with Crippen LogP contribution in [-0.2, 0) is 4.74 Å². The van der Waals surface area contributed by atoms with Crippen molar-refractivity contribution in [3.05, 3.63) is 64.7 Å². The normalized spacial score (nSPS) is 16.6. The molecular formula is C23H25N3O4. The molecule has 7 heteroatoms. The van der Waals surface area contributed by atoms with Crippen LogP contribution < -0.4 is 10.2 Å². The van der Waals surface area contributed by atoms with Crippen LogP contribution in [0.1, 0.15) is 43.1 Å². The Morgan fingerprint density at radius 1 is 1.00 bits per heavy atom. The summed E-state index contributed by atoms with van der Waals surface area (Å²) in [6, 6.07) is 11.9. The number of benzene rings is 2. The minimum atomic E-state index is -0.402. The van der Waals surface area contributed by atoms with Crippen molar-refractivity contribution < 1.29 is 19.1 Å². The van der Waals surface area contributed by atoms with Gasteiger partial charge in [-0.05, 0) is 50.2 Å². The first-order valence-electron chi connectivity index (χ1n) is 10.2. The molecule has 1 saturated heterocycles. The van der Waals surface area contributed by atoms with E-state index in [1.165, 1.54) is 6.07 Å². The van der Waals surface area contributed by atoms with Crippen LogP contribution in [0.4, 0.5) is 5.69 Å². The van der Waals surface area contributed by atoms with Gasteiger partial charge in [-0.25, -0.2) is 4.90 Å². The van der Waals surface area contributed by atoms with Gasteiger partial charge in [-0.2, -0.15) is 0 Å². The number of morpholine rings is 1. The fraction of sp³-hybridized carbons (Fsp3) is 0.348. The molecule has 0 aliphatic carbocycles. The van der Waals surface area contributed by atoms with Gasteiger partial charge >= 0.3 is 0 Å². The van der Waals surface area contributed by atoms with E-state index in [4.69, 9.17) is 4.74 Å². The first kappa shape index (κ1) is 20.3. The van der Waals surface area contributed by atoms with Crippen molar-refractivity contribution in [2.24, 2.45) is 0 Å². The second kappa shape index (κ2) is 8.77. The summed E-state index contributed by atoms with van der Waals surface area (Å²) in [6.07, 6.45) is 0.843. The molecule has 0 saturated carbocycles. The monoisotopic (exact) mass is 407 g/mol. The van der Waals surface area contributed by atoms with Gasteiger partial charge in [0, 0.05) is 25.2 Å². The molecule has 2 heterocycles. The lowest BCUT2D eigenvalue weighted by Crippen LogP contribution is -2.38. The Bertz CT molecular complexity index is 965. The number of fused-ring (bicyclic) bond motifs is 1. The summed E-state index contributed by atoms with van der Waals surface area (Å²) >= 11 is 0. The highest BCUT2D eigenvalue weighted by Crippen LogP contribution is 2.29. The Balaban J connectivity index is 1.39. The Hall–Kier alpha value is -3.03. The van der Waals surface area contributed by atoms with E-state index in [1.54, 1.807) is 24.3 Å². The molecular weight excluding hydrogens is 382 g/mol. The lowest BCUT2D eigenvalue weighted by atomic mass is 10.1. The molecule has 0 atom stereocenters. The van der Waals surface area contributed by atoms with Gasteiger partial charge in [0.1, 0.15) is 0 Å². The van der Waals surface area contributed by atoms with Gasteiger partial charge in [0.15, 0.2) is 0 Å². The molecule has 4 rings (SSSR count). The molecule has 30 heavy (non-hydrogen) atoms. The predicted molar refractivity (Wildman–Crippen MR) is 113 cm³/mol. The summed E-state index contributed by atoms with van der Waals surface area (Å²) in [5.41, 5.74) is 2.54. The minimum Gasteiger partial charge on any atom is -0.379 e. The van der Waals surface area contributed by atoms with Crippen molar-refractivity contribution in [1.82, 2.24) is 10.2 Å². The molecule has 0 unspecified atom stereocenters. The van der Waals surface area contributed by atoms with Crippen LogP contribution in [-0.4, -0.2) is 62.0 Å². The Morgan fingerprint density at radius 2 is 1.70 bits per heavy atom. The van der Waals surface area contributed by atoms with E-state index < -0.39 is 5.91 Å². The first-order chi connectivity index (χ1) is 14.5. The van der Waals surface area contributed by atoms with Crippen LogP contribution in [0.2, 0.25) is 0 Å². The summed E-state index contributed by atoms with van der Waals surface area (Å²) in [4.78, 5) is 41.6. The van der Waals surface area contributed by atoms with Gasteiger partial charge in [0.25, 0.3) is 17.7 Å². The highest BCUT2D eigenvalue weighted by atomic mass is 16.5. The SMILES string of the molecule is Cc1ccc(N2C(=O)c3ccc(C(=O)NCCCN4CCOCC4)cc3C2=O)cc1. The number of imide groups is 1. The topological polar surface area (TPSA) is 79.0 Å². The molecule has 1 fully saturated rings. The molecule has 1 N–H and O–H groups in total. The molecule has 2 aromatic carbocycles. The lowest BCUT2D eigenvalue weighted by Gasteiger charge is -2.26. The molecule has 2 aliphatic heterocycles. The molecule has 0 spiro atoms. The zero-order chi connectivity index (χ0) is 21.1. The molecule has 3 amide bonds. The van der Waals surface area contributed by atoms with E-state index >= 15 is 0 Å². The third-order valence-electron chi connectivity index (χ3n) is 5.48. The molecule has 0 aromatic heterocycles. The van der Waals surface area contributed by atoms with Crippen LogP contribution in [0.15, 0.2) is 42.5 Å².